The molecule has 4 rings (SSSR count). The maximum Gasteiger partial charge on any atom is 0.257 e. The standard InChI is InChI=1S/C21H27N3O2/c1-3-21(26)11-7-10-16-12-24(13-17(16)21)20(25)18-14(2)22-23-19(18)15-8-5-4-6-9-15/h4-6,8-9,16-17,26H,3,7,10-13H2,1-2H3,(H,22,23)/t16-,17+,21-/m0/s1. The molecule has 1 aromatic carbocycles. The van der Waals surface area contributed by atoms with Crippen LogP contribution in [-0.2, 0) is 0 Å². The van der Waals surface area contributed by atoms with Crippen LogP contribution in [-0.4, -0.2) is 44.8 Å². The molecule has 2 fully saturated rings. The van der Waals surface area contributed by atoms with Crippen molar-refractivity contribution in [1.29, 1.82) is 0 Å². The van der Waals surface area contributed by atoms with Crippen LogP contribution in [0.3, 0.4) is 0 Å². The third-order valence-electron chi connectivity index (χ3n) is 6.42. The Balaban J connectivity index is 1.63. The lowest BCUT2D eigenvalue weighted by Gasteiger charge is -2.40. The minimum absolute atomic E-state index is 0.0305. The van der Waals surface area contributed by atoms with Gasteiger partial charge in [0.2, 0.25) is 0 Å². The van der Waals surface area contributed by atoms with Crippen LogP contribution in [0.4, 0.5) is 0 Å². The van der Waals surface area contributed by atoms with Crippen molar-refractivity contribution in [1.82, 2.24) is 15.1 Å². The number of carbonyl (C=O) groups excluding carboxylic acids is 1. The molecule has 1 amide bonds. The first kappa shape index (κ1) is 17.3. The van der Waals surface area contributed by atoms with Gasteiger partial charge in [0.25, 0.3) is 5.91 Å². The van der Waals surface area contributed by atoms with Crippen LogP contribution in [0.15, 0.2) is 30.3 Å². The highest BCUT2D eigenvalue weighted by Gasteiger charge is 2.49. The summed E-state index contributed by atoms with van der Waals surface area (Å²) >= 11 is 0. The smallest absolute Gasteiger partial charge is 0.257 e. The second-order valence-corrected chi connectivity index (χ2v) is 7.86. The summed E-state index contributed by atoms with van der Waals surface area (Å²) in [6, 6.07) is 9.83. The average Bonchev–Trinajstić information content (AvgIpc) is 3.27. The Labute approximate surface area is 154 Å². The number of amides is 1. The second-order valence-electron chi connectivity index (χ2n) is 7.86. The number of aliphatic hydroxyl groups is 1. The molecule has 2 heterocycles. The summed E-state index contributed by atoms with van der Waals surface area (Å²) in [4.78, 5) is 15.3. The zero-order chi connectivity index (χ0) is 18.3. The highest BCUT2D eigenvalue weighted by molar-refractivity contribution is 6.01. The van der Waals surface area contributed by atoms with Crippen LogP contribution in [0.2, 0.25) is 0 Å². The number of aromatic amines is 1. The fraction of sp³-hybridized carbons (Fsp3) is 0.524. The Morgan fingerprint density at radius 2 is 2.12 bits per heavy atom. The maximum absolute atomic E-state index is 13.4. The van der Waals surface area contributed by atoms with E-state index in [0.717, 1.165) is 43.5 Å². The van der Waals surface area contributed by atoms with E-state index in [2.05, 4.69) is 17.1 Å². The summed E-state index contributed by atoms with van der Waals surface area (Å²) in [5.41, 5.74) is 2.51. The highest BCUT2D eigenvalue weighted by atomic mass is 16.3. The van der Waals surface area contributed by atoms with Crippen LogP contribution in [0.5, 0.6) is 0 Å². The lowest BCUT2D eigenvalue weighted by Crippen LogP contribution is -2.44. The van der Waals surface area contributed by atoms with E-state index in [1.54, 1.807) is 0 Å². The summed E-state index contributed by atoms with van der Waals surface area (Å²) in [6.45, 7) is 5.34. The maximum atomic E-state index is 13.4. The second kappa shape index (κ2) is 6.54. The molecule has 0 spiro atoms. The van der Waals surface area contributed by atoms with Gasteiger partial charge < -0.3 is 10.0 Å². The lowest BCUT2D eigenvalue weighted by molar-refractivity contribution is -0.0609. The molecule has 1 saturated carbocycles. The minimum atomic E-state index is -0.619. The Hall–Kier alpha value is -2.14. The molecular formula is C21H27N3O2. The molecular weight excluding hydrogens is 326 g/mol. The van der Waals surface area contributed by atoms with Gasteiger partial charge in [0.1, 0.15) is 5.69 Å². The summed E-state index contributed by atoms with van der Waals surface area (Å²) in [6.07, 6.45) is 3.77. The van der Waals surface area contributed by atoms with Crippen molar-refractivity contribution >= 4 is 5.91 Å². The average molecular weight is 353 g/mol. The van der Waals surface area contributed by atoms with E-state index in [4.69, 9.17) is 0 Å². The van der Waals surface area contributed by atoms with Gasteiger partial charge in [-0.1, -0.05) is 43.7 Å². The number of hydrogen-bond acceptors (Lipinski definition) is 3. The molecule has 138 valence electrons. The van der Waals surface area contributed by atoms with Gasteiger partial charge in [0.15, 0.2) is 0 Å². The van der Waals surface area contributed by atoms with Crippen LogP contribution >= 0.6 is 0 Å². The number of aromatic nitrogens is 2. The fourth-order valence-electron chi connectivity index (χ4n) is 4.89. The molecule has 2 aliphatic rings. The van der Waals surface area contributed by atoms with Gasteiger partial charge in [0.05, 0.1) is 11.2 Å². The zero-order valence-electron chi connectivity index (χ0n) is 15.5. The Morgan fingerprint density at radius 1 is 1.35 bits per heavy atom. The molecule has 1 saturated heterocycles. The molecule has 0 radical (unpaired) electrons. The van der Waals surface area contributed by atoms with Crippen molar-refractivity contribution in [2.24, 2.45) is 11.8 Å². The van der Waals surface area contributed by atoms with Crippen LogP contribution < -0.4 is 0 Å². The normalized spacial score (nSPS) is 28.2. The number of H-pyrrole nitrogens is 1. The Kier molecular flexibility index (Phi) is 4.35. The van der Waals surface area contributed by atoms with Gasteiger partial charge >= 0.3 is 0 Å². The molecule has 0 unspecified atom stereocenters. The zero-order valence-corrected chi connectivity index (χ0v) is 15.5. The number of carbonyl (C=O) groups is 1. The molecule has 0 bridgehead atoms. The number of fused-ring (bicyclic) bond motifs is 1. The number of rotatable bonds is 3. The third-order valence-corrected chi connectivity index (χ3v) is 6.42. The van der Waals surface area contributed by atoms with Gasteiger partial charge in [-0.05, 0) is 32.1 Å². The van der Waals surface area contributed by atoms with E-state index < -0.39 is 5.60 Å². The summed E-state index contributed by atoms with van der Waals surface area (Å²) in [7, 11) is 0. The lowest BCUT2D eigenvalue weighted by atomic mass is 9.69. The van der Waals surface area contributed by atoms with Crippen molar-refractivity contribution < 1.29 is 9.90 Å². The van der Waals surface area contributed by atoms with Gasteiger partial charge in [-0.3, -0.25) is 9.89 Å². The molecule has 26 heavy (non-hydrogen) atoms. The summed E-state index contributed by atoms with van der Waals surface area (Å²) in [5.74, 6) is 0.630. The SMILES string of the molecule is CC[C@]1(O)CCC[C@H]2CN(C(=O)c3c(-c4ccccc4)n[nH]c3C)C[C@H]21. The van der Waals surface area contributed by atoms with Crippen LogP contribution in [0.1, 0.15) is 48.7 Å². The Bertz CT molecular complexity index is 801. The van der Waals surface area contributed by atoms with Gasteiger partial charge in [-0.25, -0.2) is 0 Å². The first-order chi connectivity index (χ1) is 12.5. The van der Waals surface area contributed by atoms with E-state index >= 15 is 0 Å². The fourth-order valence-corrected chi connectivity index (χ4v) is 4.89. The van der Waals surface area contributed by atoms with E-state index in [-0.39, 0.29) is 11.8 Å². The predicted octanol–water partition coefficient (Wildman–Crippen LogP) is 3.40. The molecule has 2 aromatic rings. The minimum Gasteiger partial charge on any atom is -0.390 e. The molecule has 5 heteroatoms. The number of hydrogen-bond donors (Lipinski definition) is 2. The number of benzene rings is 1. The van der Waals surface area contributed by atoms with Crippen molar-refractivity contribution in [3.05, 3.63) is 41.6 Å². The highest BCUT2D eigenvalue weighted by Crippen LogP contribution is 2.44. The largest absolute Gasteiger partial charge is 0.390 e. The third kappa shape index (κ3) is 2.75. The molecule has 1 aromatic heterocycles. The first-order valence-electron chi connectivity index (χ1n) is 9.65. The number of aryl methyl sites for hydroxylation is 1. The van der Waals surface area contributed by atoms with E-state index in [0.29, 0.717) is 23.7 Å². The topological polar surface area (TPSA) is 69.2 Å². The van der Waals surface area contributed by atoms with E-state index in [1.165, 1.54) is 0 Å². The molecule has 1 aliphatic heterocycles. The molecule has 2 N–H and O–H groups in total. The van der Waals surface area contributed by atoms with Crippen molar-refractivity contribution in [3.8, 4) is 11.3 Å². The quantitative estimate of drug-likeness (QED) is 0.888. The number of likely N-dealkylation sites (tertiary alicyclic amines) is 1. The predicted molar refractivity (Wildman–Crippen MR) is 101 cm³/mol. The number of nitrogens with zero attached hydrogens (tertiary/aromatic N) is 2. The molecule has 1 aliphatic carbocycles. The molecule has 5 nitrogen and oxygen atoms in total. The van der Waals surface area contributed by atoms with E-state index in [9.17, 15) is 9.90 Å². The van der Waals surface area contributed by atoms with Crippen molar-refractivity contribution in [3.63, 3.8) is 0 Å². The van der Waals surface area contributed by atoms with Gasteiger partial charge in [-0.2, -0.15) is 5.10 Å². The summed E-state index contributed by atoms with van der Waals surface area (Å²) in [5, 5.41) is 18.4. The van der Waals surface area contributed by atoms with Crippen molar-refractivity contribution in [2.75, 3.05) is 13.1 Å². The first-order valence-corrected chi connectivity index (χ1v) is 9.65. The van der Waals surface area contributed by atoms with Crippen molar-refractivity contribution in [2.45, 2.75) is 45.1 Å². The Morgan fingerprint density at radius 3 is 2.85 bits per heavy atom. The van der Waals surface area contributed by atoms with Gasteiger partial charge in [-0.15, -0.1) is 0 Å². The summed E-state index contributed by atoms with van der Waals surface area (Å²) < 4.78 is 0. The van der Waals surface area contributed by atoms with Crippen LogP contribution in [0.25, 0.3) is 11.3 Å². The monoisotopic (exact) mass is 353 g/mol. The van der Waals surface area contributed by atoms with Gasteiger partial charge in [0, 0.05) is 30.3 Å². The number of nitrogens with one attached hydrogen (secondary N) is 1. The molecule has 3 atom stereocenters. The van der Waals surface area contributed by atoms with Crippen LogP contribution in [0, 0.1) is 18.8 Å². The van der Waals surface area contributed by atoms with E-state index in [1.807, 2.05) is 42.2 Å².